The number of benzene rings is 1. The van der Waals surface area contributed by atoms with Crippen LogP contribution in [0, 0.1) is 0 Å². The number of aliphatic imine (C=N–C) groups is 1. The van der Waals surface area contributed by atoms with Gasteiger partial charge in [0.1, 0.15) is 0 Å². The molecular weight excluding hydrogens is 330 g/mol. The Balaban J connectivity index is 1.98. The highest BCUT2D eigenvalue weighted by Crippen LogP contribution is 2.18. The molecule has 2 atom stereocenters. The average Bonchev–Trinajstić information content (AvgIpc) is 3.07. The monoisotopic (exact) mass is 351 g/mol. The first kappa shape index (κ1) is 17.8. The van der Waals surface area contributed by atoms with Crippen LogP contribution in [-0.4, -0.2) is 24.2 Å². The molecule has 4 nitrogen and oxygen atoms in total. The van der Waals surface area contributed by atoms with Gasteiger partial charge in [0.05, 0.1) is 18.7 Å². The number of hydrogen-bond acceptors (Lipinski definition) is 3. The van der Waals surface area contributed by atoms with Crippen LogP contribution in [0.25, 0.3) is 0 Å². The molecule has 1 heterocycles. The second kappa shape index (κ2) is 8.91. The quantitative estimate of drug-likeness (QED) is 0.548. The van der Waals surface area contributed by atoms with E-state index in [4.69, 9.17) is 11.6 Å². The Labute approximate surface area is 146 Å². The molecule has 0 spiro atoms. The van der Waals surface area contributed by atoms with Gasteiger partial charge in [0.15, 0.2) is 5.96 Å². The molecule has 0 saturated heterocycles. The van der Waals surface area contributed by atoms with E-state index in [9.17, 15) is 5.11 Å². The molecule has 2 unspecified atom stereocenters. The van der Waals surface area contributed by atoms with Crippen molar-refractivity contribution in [2.75, 3.05) is 13.1 Å². The number of aliphatic hydroxyl groups excluding tert-OH is 1. The Morgan fingerprint density at radius 1 is 1.30 bits per heavy atom. The molecule has 0 saturated carbocycles. The summed E-state index contributed by atoms with van der Waals surface area (Å²) in [6, 6.07) is 11.5. The molecule has 0 radical (unpaired) electrons. The average molecular weight is 352 g/mol. The van der Waals surface area contributed by atoms with Crippen LogP contribution in [0.3, 0.4) is 0 Å². The lowest BCUT2D eigenvalue weighted by Gasteiger charge is -2.17. The van der Waals surface area contributed by atoms with E-state index in [0.717, 1.165) is 12.1 Å². The molecule has 124 valence electrons. The summed E-state index contributed by atoms with van der Waals surface area (Å²) in [5.41, 5.74) is 0.806. The lowest BCUT2D eigenvalue weighted by Crippen LogP contribution is -2.38. The normalized spacial score (nSPS) is 14.3. The molecule has 23 heavy (non-hydrogen) atoms. The number of thiophene rings is 1. The van der Waals surface area contributed by atoms with Gasteiger partial charge in [-0.15, -0.1) is 11.3 Å². The van der Waals surface area contributed by atoms with Gasteiger partial charge in [0, 0.05) is 16.4 Å². The number of nitrogens with zero attached hydrogens (tertiary/aromatic N) is 1. The van der Waals surface area contributed by atoms with E-state index in [0.29, 0.717) is 11.0 Å². The van der Waals surface area contributed by atoms with Gasteiger partial charge in [0.2, 0.25) is 0 Å². The first-order chi connectivity index (χ1) is 11.1. The maximum atomic E-state index is 10.2. The highest BCUT2D eigenvalue weighted by molar-refractivity contribution is 7.10. The standard InChI is InChI=1S/C17H22ClN3OS/c1-3-19-17(21-12(2)16-5-4-10-23-16)20-11-15(22)13-6-8-14(18)9-7-13/h4-10,12,15,22H,3,11H2,1-2H3,(H2,19,20,21). The first-order valence-corrected chi connectivity index (χ1v) is 8.87. The van der Waals surface area contributed by atoms with E-state index in [2.05, 4.69) is 34.0 Å². The fourth-order valence-corrected chi connectivity index (χ4v) is 2.96. The van der Waals surface area contributed by atoms with Crippen LogP contribution in [0.15, 0.2) is 46.8 Å². The zero-order valence-corrected chi connectivity index (χ0v) is 14.9. The second-order valence-corrected chi connectivity index (χ2v) is 6.58. The van der Waals surface area contributed by atoms with E-state index >= 15 is 0 Å². The molecule has 0 aliphatic carbocycles. The van der Waals surface area contributed by atoms with Crippen LogP contribution < -0.4 is 10.6 Å². The number of rotatable bonds is 6. The van der Waals surface area contributed by atoms with Gasteiger partial charge in [-0.1, -0.05) is 29.8 Å². The number of hydrogen-bond donors (Lipinski definition) is 3. The van der Waals surface area contributed by atoms with Gasteiger partial charge < -0.3 is 15.7 Å². The molecule has 1 aromatic carbocycles. The predicted molar refractivity (Wildman–Crippen MR) is 98.3 cm³/mol. The molecule has 1 aromatic heterocycles. The van der Waals surface area contributed by atoms with Gasteiger partial charge in [-0.25, -0.2) is 0 Å². The maximum absolute atomic E-state index is 10.2. The lowest BCUT2D eigenvalue weighted by atomic mass is 10.1. The Morgan fingerprint density at radius 2 is 2.04 bits per heavy atom. The molecule has 2 aromatic rings. The highest BCUT2D eigenvalue weighted by Gasteiger charge is 2.10. The van der Waals surface area contributed by atoms with Crippen LogP contribution in [0.5, 0.6) is 0 Å². The minimum atomic E-state index is -0.653. The van der Waals surface area contributed by atoms with Crippen molar-refractivity contribution in [3.8, 4) is 0 Å². The summed E-state index contributed by atoms with van der Waals surface area (Å²) in [6.07, 6.45) is -0.653. The third-order valence-electron chi connectivity index (χ3n) is 3.34. The van der Waals surface area contributed by atoms with Crippen molar-refractivity contribution < 1.29 is 5.11 Å². The summed E-state index contributed by atoms with van der Waals surface area (Å²) in [7, 11) is 0. The molecule has 0 amide bonds. The van der Waals surface area contributed by atoms with E-state index in [-0.39, 0.29) is 12.6 Å². The molecule has 0 fully saturated rings. The predicted octanol–water partition coefficient (Wildman–Crippen LogP) is 3.75. The molecule has 0 bridgehead atoms. The van der Waals surface area contributed by atoms with Crippen molar-refractivity contribution in [3.63, 3.8) is 0 Å². The number of halogens is 1. The highest BCUT2D eigenvalue weighted by atomic mass is 35.5. The van der Waals surface area contributed by atoms with E-state index in [1.807, 2.05) is 25.1 Å². The van der Waals surface area contributed by atoms with Crippen molar-refractivity contribution >= 4 is 28.9 Å². The van der Waals surface area contributed by atoms with E-state index in [1.54, 1.807) is 23.5 Å². The van der Waals surface area contributed by atoms with Crippen molar-refractivity contribution in [2.45, 2.75) is 26.0 Å². The van der Waals surface area contributed by atoms with E-state index in [1.165, 1.54) is 4.88 Å². The van der Waals surface area contributed by atoms with E-state index < -0.39 is 6.10 Å². The maximum Gasteiger partial charge on any atom is 0.191 e. The summed E-state index contributed by atoms with van der Waals surface area (Å²) in [5, 5.41) is 19.5. The van der Waals surface area contributed by atoms with Crippen LogP contribution in [-0.2, 0) is 0 Å². The summed E-state index contributed by atoms with van der Waals surface area (Å²) >= 11 is 7.57. The van der Waals surface area contributed by atoms with Crippen LogP contribution >= 0.6 is 22.9 Å². The van der Waals surface area contributed by atoms with Crippen LogP contribution in [0.1, 0.15) is 36.4 Å². The summed E-state index contributed by atoms with van der Waals surface area (Å²) in [5.74, 6) is 0.696. The molecule has 0 aliphatic rings. The largest absolute Gasteiger partial charge is 0.386 e. The van der Waals surface area contributed by atoms with Crippen molar-refractivity contribution in [2.24, 2.45) is 4.99 Å². The van der Waals surface area contributed by atoms with Gasteiger partial charge in [-0.3, -0.25) is 4.99 Å². The first-order valence-electron chi connectivity index (χ1n) is 7.62. The molecule has 3 N–H and O–H groups in total. The Morgan fingerprint density at radius 3 is 2.65 bits per heavy atom. The minimum Gasteiger partial charge on any atom is -0.386 e. The van der Waals surface area contributed by atoms with Crippen molar-refractivity contribution in [1.29, 1.82) is 0 Å². The Bertz CT molecular complexity index is 613. The lowest BCUT2D eigenvalue weighted by molar-refractivity contribution is 0.187. The minimum absolute atomic E-state index is 0.167. The zero-order chi connectivity index (χ0) is 16.7. The zero-order valence-electron chi connectivity index (χ0n) is 13.3. The molecule has 2 rings (SSSR count). The third kappa shape index (κ3) is 5.53. The molecular formula is C17H22ClN3OS. The van der Waals surface area contributed by atoms with Crippen molar-refractivity contribution in [1.82, 2.24) is 10.6 Å². The van der Waals surface area contributed by atoms with Gasteiger partial charge in [-0.2, -0.15) is 0 Å². The number of aliphatic hydroxyl groups is 1. The van der Waals surface area contributed by atoms with Crippen molar-refractivity contribution in [3.05, 3.63) is 57.2 Å². The summed E-state index contributed by atoms with van der Waals surface area (Å²) in [6.45, 7) is 5.16. The third-order valence-corrected chi connectivity index (χ3v) is 4.65. The van der Waals surface area contributed by atoms with Crippen LogP contribution in [0.4, 0.5) is 0 Å². The molecule has 0 aliphatic heterocycles. The smallest absolute Gasteiger partial charge is 0.191 e. The molecule has 6 heteroatoms. The van der Waals surface area contributed by atoms with Gasteiger partial charge in [0.25, 0.3) is 0 Å². The topological polar surface area (TPSA) is 56.7 Å². The Hall–Kier alpha value is -1.56. The summed E-state index contributed by atoms with van der Waals surface area (Å²) < 4.78 is 0. The van der Waals surface area contributed by atoms with Gasteiger partial charge in [-0.05, 0) is 43.0 Å². The summed E-state index contributed by atoms with van der Waals surface area (Å²) in [4.78, 5) is 5.72. The SMILES string of the molecule is CCNC(=NCC(O)c1ccc(Cl)cc1)NC(C)c1cccs1. The van der Waals surface area contributed by atoms with Gasteiger partial charge >= 0.3 is 0 Å². The number of guanidine groups is 1. The second-order valence-electron chi connectivity index (χ2n) is 5.17. The fraction of sp³-hybridized carbons (Fsp3) is 0.353. The fourth-order valence-electron chi connectivity index (χ4n) is 2.10. The van der Waals surface area contributed by atoms with Crippen LogP contribution in [0.2, 0.25) is 5.02 Å². The Kier molecular flexibility index (Phi) is 6.89. The number of nitrogens with one attached hydrogen (secondary N) is 2.